The fraction of sp³-hybridized carbons (Fsp3) is 0.432. The minimum atomic E-state index is -1.08. The van der Waals surface area contributed by atoms with Gasteiger partial charge in [0.2, 0.25) is 5.91 Å². The Morgan fingerprint density at radius 3 is 2.11 bits per heavy atom. The van der Waals surface area contributed by atoms with E-state index in [1.165, 1.54) is 23.1 Å². The van der Waals surface area contributed by atoms with Gasteiger partial charge in [0.15, 0.2) is 0 Å². The molecule has 0 radical (unpaired) electrons. The third-order valence-corrected chi connectivity index (χ3v) is 7.73. The Hall–Kier alpha value is -4.53. The van der Waals surface area contributed by atoms with E-state index in [4.69, 9.17) is 4.74 Å². The van der Waals surface area contributed by atoms with Crippen LogP contribution in [0, 0.1) is 20.8 Å². The van der Waals surface area contributed by atoms with Gasteiger partial charge in [-0.15, -0.1) is 0 Å². The predicted molar refractivity (Wildman–Crippen MR) is 181 cm³/mol. The largest absolute Gasteiger partial charge is 0.508 e. The van der Waals surface area contributed by atoms with Crippen LogP contribution in [0.3, 0.4) is 0 Å². The van der Waals surface area contributed by atoms with Crippen molar-refractivity contribution < 1.29 is 29.3 Å². The molecule has 0 aliphatic heterocycles. The number of hydrogen-bond acceptors (Lipinski definition) is 6. The van der Waals surface area contributed by atoms with E-state index in [0.29, 0.717) is 28.8 Å². The maximum atomic E-state index is 14.7. The van der Waals surface area contributed by atoms with Gasteiger partial charge in [-0.1, -0.05) is 62.6 Å². The van der Waals surface area contributed by atoms with Gasteiger partial charge in [-0.3, -0.25) is 9.59 Å². The maximum absolute atomic E-state index is 14.7. The fourth-order valence-corrected chi connectivity index (χ4v) is 5.32. The number of phenolic OH excluding ortho intramolecular Hbond substituents is 2. The Morgan fingerprint density at radius 1 is 0.870 bits per heavy atom. The van der Waals surface area contributed by atoms with Crippen LogP contribution in [0.25, 0.3) is 0 Å². The van der Waals surface area contributed by atoms with Crippen molar-refractivity contribution in [1.29, 1.82) is 0 Å². The summed E-state index contributed by atoms with van der Waals surface area (Å²) in [4.78, 5) is 43.7. The van der Waals surface area contributed by atoms with Gasteiger partial charge in [0.25, 0.3) is 5.91 Å². The van der Waals surface area contributed by atoms with Crippen molar-refractivity contribution >= 4 is 23.6 Å². The number of nitrogens with zero attached hydrogens (tertiary/aromatic N) is 1. The Kier molecular flexibility index (Phi) is 12.6. The highest BCUT2D eigenvalue weighted by molar-refractivity contribution is 6.00. The first-order valence-electron chi connectivity index (χ1n) is 15.9. The van der Waals surface area contributed by atoms with Crippen molar-refractivity contribution in [3.63, 3.8) is 0 Å². The first kappa shape index (κ1) is 35.9. The minimum Gasteiger partial charge on any atom is -0.508 e. The molecule has 2 atom stereocenters. The normalized spacial score (nSPS) is 12.6. The lowest BCUT2D eigenvalue weighted by atomic mass is 9.97. The molecule has 0 saturated heterocycles. The van der Waals surface area contributed by atoms with Crippen molar-refractivity contribution in [1.82, 2.24) is 10.2 Å². The minimum absolute atomic E-state index is 0.0789. The number of benzene rings is 3. The van der Waals surface area contributed by atoms with E-state index < -0.39 is 35.6 Å². The van der Waals surface area contributed by atoms with E-state index in [-0.39, 0.29) is 24.5 Å². The first-order valence-corrected chi connectivity index (χ1v) is 15.9. The third kappa shape index (κ3) is 10.3. The lowest BCUT2D eigenvalue weighted by Crippen LogP contribution is -2.53. The number of nitrogens with one attached hydrogen (secondary N) is 2. The highest BCUT2D eigenvalue weighted by Crippen LogP contribution is 2.30. The monoisotopic (exact) mass is 631 g/mol. The average molecular weight is 632 g/mol. The smallest absolute Gasteiger partial charge is 0.408 e. The summed E-state index contributed by atoms with van der Waals surface area (Å²) in [6.07, 6.45) is 2.79. The zero-order valence-electron chi connectivity index (χ0n) is 28.1. The fourth-order valence-electron chi connectivity index (χ4n) is 5.32. The predicted octanol–water partition coefficient (Wildman–Crippen LogP) is 7.25. The van der Waals surface area contributed by atoms with Crippen molar-refractivity contribution in [3.8, 4) is 11.5 Å². The van der Waals surface area contributed by atoms with Gasteiger partial charge in [-0.05, 0) is 100 Å². The number of phenols is 2. The molecule has 0 saturated carbocycles. The van der Waals surface area contributed by atoms with Gasteiger partial charge >= 0.3 is 6.09 Å². The second-order valence-electron chi connectivity index (χ2n) is 12.9. The zero-order valence-corrected chi connectivity index (χ0v) is 28.1. The first-order chi connectivity index (χ1) is 21.7. The van der Waals surface area contributed by atoms with Gasteiger partial charge < -0.3 is 30.5 Å². The molecule has 3 aromatic rings. The van der Waals surface area contributed by atoms with Crippen LogP contribution in [-0.4, -0.2) is 51.2 Å². The molecular weight excluding hydrogens is 582 g/mol. The van der Waals surface area contributed by atoms with Crippen LogP contribution < -0.4 is 10.6 Å². The van der Waals surface area contributed by atoms with E-state index in [9.17, 15) is 24.6 Å². The van der Waals surface area contributed by atoms with Crippen molar-refractivity contribution in [3.05, 3.63) is 88.5 Å². The number of ether oxygens (including phenoxy) is 1. The van der Waals surface area contributed by atoms with E-state index in [2.05, 4.69) is 17.6 Å². The molecule has 0 bridgehead atoms. The molecule has 0 aromatic heterocycles. The molecule has 0 aliphatic rings. The molecule has 3 rings (SSSR count). The van der Waals surface area contributed by atoms with Gasteiger partial charge in [0.1, 0.15) is 29.2 Å². The van der Waals surface area contributed by atoms with Gasteiger partial charge in [-0.2, -0.15) is 0 Å². The highest BCUT2D eigenvalue weighted by atomic mass is 16.6. The topological polar surface area (TPSA) is 128 Å². The number of carbonyl (C=O) groups is 3. The summed E-state index contributed by atoms with van der Waals surface area (Å²) in [5.74, 6) is -0.708. The van der Waals surface area contributed by atoms with Crippen molar-refractivity contribution in [2.75, 3.05) is 11.9 Å². The number of alkyl carbamates (subject to hydrolysis) is 1. The van der Waals surface area contributed by atoms with E-state index in [1.807, 2.05) is 32.0 Å². The summed E-state index contributed by atoms with van der Waals surface area (Å²) in [6.45, 7) is 13.1. The molecule has 248 valence electrons. The van der Waals surface area contributed by atoms with Crippen molar-refractivity contribution in [2.45, 2.75) is 98.3 Å². The molecule has 4 N–H and O–H groups in total. The summed E-state index contributed by atoms with van der Waals surface area (Å²) >= 11 is 0. The number of rotatable bonds is 13. The van der Waals surface area contributed by atoms with Crippen LogP contribution in [0.5, 0.6) is 11.5 Å². The van der Waals surface area contributed by atoms with Gasteiger partial charge in [0, 0.05) is 18.7 Å². The van der Waals surface area contributed by atoms with Crippen LogP contribution in [0.4, 0.5) is 10.5 Å². The molecule has 2 unspecified atom stereocenters. The Labute approximate surface area is 273 Å². The number of anilines is 1. The molecule has 0 aliphatic carbocycles. The second-order valence-corrected chi connectivity index (χ2v) is 12.9. The SMILES string of the molecule is CCCCCCN(C(=O)C(Cc1ccc(O)cc1)NC(=O)OC(C)(C)C)C(C(=O)Nc1c(C)cccc1C)c1ccc(O)c(C)c1. The molecule has 9 heteroatoms. The standard InChI is InChI=1S/C37H49N3O6/c1-8-9-10-11-21-40(35(44)30(38-36(45)46-37(5,6)7)23-27-15-18-29(41)19-16-27)33(28-17-20-31(42)26(4)22-28)34(43)39-32-24(2)13-12-14-25(32)3/h12-20,22,30,33,41-42H,8-11,21,23H2,1-7H3,(H,38,45)(H,39,43). The molecule has 46 heavy (non-hydrogen) atoms. The van der Waals surface area contributed by atoms with E-state index in [1.54, 1.807) is 52.0 Å². The molecule has 9 nitrogen and oxygen atoms in total. The van der Waals surface area contributed by atoms with Gasteiger partial charge in [-0.25, -0.2) is 4.79 Å². The Balaban J connectivity index is 2.13. The molecule has 0 fully saturated rings. The second kappa shape index (κ2) is 16.2. The number of aromatic hydroxyl groups is 2. The lowest BCUT2D eigenvalue weighted by molar-refractivity contribution is -0.140. The van der Waals surface area contributed by atoms with Crippen molar-refractivity contribution in [2.24, 2.45) is 0 Å². The zero-order chi connectivity index (χ0) is 34.0. The summed E-state index contributed by atoms with van der Waals surface area (Å²) in [5, 5.41) is 26.0. The van der Waals surface area contributed by atoms with Crippen LogP contribution in [0.1, 0.15) is 87.2 Å². The van der Waals surface area contributed by atoms with E-state index >= 15 is 0 Å². The maximum Gasteiger partial charge on any atom is 0.408 e. The van der Waals surface area contributed by atoms with Gasteiger partial charge in [0.05, 0.1) is 0 Å². The third-order valence-electron chi connectivity index (χ3n) is 7.73. The average Bonchev–Trinajstić information content (AvgIpc) is 2.97. The lowest BCUT2D eigenvalue weighted by Gasteiger charge is -2.35. The summed E-state index contributed by atoms with van der Waals surface area (Å²) in [5.41, 5.74) is 3.43. The summed E-state index contributed by atoms with van der Waals surface area (Å²) < 4.78 is 5.53. The van der Waals surface area contributed by atoms with E-state index in [0.717, 1.165) is 30.4 Å². The number of para-hydroxylation sites is 1. The molecule has 3 amide bonds. The number of aryl methyl sites for hydroxylation is 3. The Morgan fingerprint density at radius 2 is 1.52 bits per heavy atom. The van der Waals surface area contributed by atoms with Crippen LogP contribution >= 0.6 is 0 Å². The highest BCUT2D eigenvalue weighted by Gasteiger charge is 2.37. The molecule has 0 heterocycles. The number of unbranched alkanes of at least 4 members (excludes halogenated alkanes) is 3. The quantitative estimate of drug-likeness (QED) is 0.147. The summed E-state index contributed by atoms with van der Waals surface area (Å²) in [6, 6.07) is 14.9. The molecular formula is C37H49N3O6. The number of amides is 3. The summed E-state index contributed by atoms with van der Waals surface area (Å²) in [7, 11) is 0. The van der Waals surface area contributed by atoms with Crippen LogP contribution in [-0.2, 0) is 20.7 Å². The van der Waals surface area contributed by atoms with Crippen LogP contribution in [0.15, 0.2) is 60.7 Å². The number of carbonyl (C=O) groups excluding carboxylic acids is 3. The molecule has 3 aromatic carbocycles. The van der Waals surface area contributed by atoms with Crippen LogP contribution in [0.2, 0.25) is 0 Å². The number of hydrogen-bond donors (Lipinski definition) is 4. The molecule has 0 spiro atoms. The Bertz CT molecular complexity index is 1480.